The summed E-state index contributed by atoms with van der Waals surface area (Å²) in [6.45, 7) is 0. The Hall–Kier alpha value is -3.90. The van der Waals surface area contributed by atoms with E-state index in [-0.39, 0.29) is 4.90 Å². The van der Waals surface area contributed by atoms with Crippen LogP contribution in [-0.4, -0.2) is 24.5 Å². The summed E-state index contributed by atoms with van der Waals surface area (Å²) in [6, 6.07) is 25.8. The van der Waals surface area contributed by atoms with Gasteiger partial charge in [-0.15, -0.1) is 0 Å². The molecule has 0 N–H and O–H groups in total. The molecule has 0 unspecified atom stereocenters. The number of benzene rings is 4. The number of methoxy groups -OCH3 is 1. The van der Waals surface area contributed by atoms with E-state index >= 15 is 0 Å². The van der Waals surface area contributed by atoms with Crippen LogP contribution in [0.1, 0.15) is 0 Å². The van der Waals surface area contributed by atoms with Gasteiger partial charge in [-0.1, -0.05) is 54.6 Å². The third kappa shape index (κ3) is 2.50. The van der Waals surface area contributed by atoms with Crippen LogP contribution in [0.4, 0.5) is 0 Å². The van der Waals surface area contributed by atoms with Gasteiger partial charge in [-0.3, -0.25) is 4.98 Å². The lowest BCUT2D eigenvalue weighted by molar-refractivity contribution is 0.425. The van der Waals surface area contributed by atoms with Crippen LogP contribution in [0, 0.1) is 0 Å². The van der Waals surface area contributed by atoms with Gasteiger partial charge < -0.3 is 4.74 Å². The largest absolute Gasteiger partial charge is 0.495 e. The molecule has 0 aliphatic rings. The molecular formula is C26H18N2O3S. The van der Waals surface area contributed by atoms with Gasteiger partial charge in [-0.25, -0.2) is 12.4 Å². The van der Waals surface area contributed by atoms with Crippen LogP contribution < -0.4 is 4.74 Å². The monoisotopic (exact) mass is 438 g/mol. The van der Waals surface area contributed by atoms with Crippen LogP contribution >= 0.6 is 0 Å². The Morgan fingerprint density at radius 3 is 2.22 bits per heavy atom. The van der Waals surface area contributed by atoms with Crippen molar-refractivity contribution in [1.29, 1.82) is 0 Å². The fourth-order valence-corrected chi connectivity index (χ4v) is 6.07. The van der Waals surface area contributed by atoms with Crippen molar-refractivity contribution in [2.24, 2.45) is 0 Å². The minimum Gasteiger partial charge on any atom is -0.495 e. The fraction of sp³-hybridized carbons (Fsp3) is 0.0385. The van der Waals surface area contributed by atoms with Crippen molar-refractivity contribution in [2.75, 3.05) is 7.11 Å². The van der Waals surface area contributed by atoms with Crippen molar-refractivity contribution >= 4 is 53.5 Å². The highest BCUT2D eigenvalue weighted by Crippen LogP contribution is 2.43. The van der Waals surface area contributed by atoms with Crippen LogP contribution in [-0.2, 0) is 10.0 Å². The quantitative estimate of drug-likeness (QED) is 0.331. The van der Waals surface area contributed by atoms with E-state index in [1.807, 2.05) is 54.6 Å². The van der Waals surface area contributed by atoms with Crippen LogP contribution in [0.3, 0.4) is 0 Å². The number of ether oxygens (including phenoxy) is 1. The number of hydrogen-bond donors (Lipinski definition) is 0. The first-order valence-electron chi connectivity index (χ1n) is 10.2. The van der Waals surface area contributed by atoms with Crippen LogP contribution in [0.5, 0.6) is 5.75 Å². The Bertz CT molecular complexity index is 1770. The molecule has 0 saturated carbocycles. The topological polar surface area (TPSA) is 61.2 Å². The lowest BCUT2D eigenvalue weighted by atomic mass is 10.0. The first kappa shape index (κ1) is 18.8. The van der Waals surface area contributed by atoms with Crippen LogP contribution in [0.2, 0.25) is 0 Å². The Balaban J connectivity index is 1.88. The summed E-state index contributed by atoms with van der Waals surface area (Å²) in [5.74, 6) is 0.619. The average molecular weight is 439 g/mol. The molecule has 0 saturated heterocycles. The fourth-order valence-electron chi connectivity index (χ4n) is 4.54. The predicted molar refractivity (Wildman–Crippen MR) is 128 cm³/mol. The molecule has 0 atom stereocenters. The van der Waals surface area contributed by atoms with Gasteiger partial charge in [0.25, 0.3) is 10.0 Å². The molecule has 0 aliphatic carbocycles. The van der Waals surface area contributed by atoms with E-state index in [0.29, 0.717) is 16.8 Å². The average Bonchev–Trinajstić information content (AvgIpc) is 3.18. The van der Waals surface area contributed by atoms with Crippen LogP contribution in [0.15, 0.2) is 96.0 Å². The van der Waals surface area contributed by atoms with E-state index in [9.17, 15) is 8.42 Å². The number of hydrogen-bond acceptors (Lipinski definition) is 4. The van der Waals surface area contributed by atoms with Gasteiger partial charge in [0.15, 0.2) is 0 Å². The van der Waals surface area contributed by atoms with Gasteiger partial charge in [-0.2, -0.15) is 0 Å². The SMILES string of the molecule is COc1c2cnc3ccccc3c2cc2c1c1ccccc1n2S(=O)(=O)c1ccccc1. The standard InChI is InChI=1S/C26H18N2O3S/c1-31-26-21-16-27-22-13-7-5-11-18(22)20(21)15-24-25(26)19-12-6-8-14-23(19)28(24)32(29,30)17-9-3-2-4-10-17/h2-16H,1H3. The highest BCUT2D eigenvalue weighted by atomic mass is 32.2. The van der Waals surface area contributed by atoms with Gasteiger partial charge in [0, 0.05) is 22.4 Å². The molecule has 0 aliphatic heterocycles. The highest BCUT2D eigenvalue weighted by Gasteiger charge is 2.26. The van der Waals surface area contributed by atoms with E-state index in [2.05, 4.69) is 4.98 Å². The number of fused-ring (bicyclic) bond motifs is 6. The zero-order valence-corrected chi connectivity index (χ0v) is 18.0. The number of pyridine rings is 1. The molecule has 156 valence electrons. The van der Waals surface area contributed by atoms with Crippen molar-refractivity contribution < 1.29 is 13.2 Å². The molecule has 0 amide bonds. The van der Waals surface area contributed by atoms with Gasteiger partial charge >= 0.3 is 0 Å². The maximum atomic E-state index is 13.8. The van der Waals surface area contributed by atoms with E-state index in [0.717, 1.165) is 32.4 Å². The van der Waals surface area contributed by atoms with E-state index in [4.69, 9.17) is 4.74 Å². The summed E-state index contributed by atoms with van der Waals surface area (Å²) >= 11 is 0. The summed E-state index contributed by atoms with van der Waals surface area (Å²) in [6.07, 6.45) is 1.80. The van der Waals surface area contributed by atoms with Crippen molar-refractivity contribution in [3.63, 3.8) is 0 Å². The Morgan fingerprint density at radius 2 is 1.44 bits per heavy atom. The molecule has 2 aromatic heterocycles. The molecule has 6 aromatic rings. The molecule has 5 nitrogen and oxygen atoms in total. The maximum Gasteiger partial charge on any atom is 0.268 e. The predicted octanol–water partition coefficient (Wildman–Crippen LogP) is 5.74. The Labute approximate surface area is 184 Å². The molecule has 32 heavy (non-hydrogen) atoms. The number of aromatic nitrogens is 2. The second-order valence-electron chi connectivity index (χ2n) is 7.64. The summed E-state index contributed by atoms with van der Waals surface area (Å²) in [7, 11) is -2.24. The van der Waals surface area contributed by atoms with Crippen LogP contribution in [0.25, 0.3) is 43.5 Å². The highest BCUT2D eigenvalue weighted by molar-refractivity contribution is 7.90. The van der Waals surface area contributed by atoms with Crippen molar-refractivity contribution in [3.05, 3.63) is 91.1 Å². The lowest BCUT2D eigenvalue weighted by Crippen LogP contribution is -2.12. The van der Waals surface area contributed by atoms with E-state index in [1.165, 1.54) is 3.97 Å². The first-order valence-corrected chi connectivity index (χ1v) is 11.6. The van der Waals surface area contributed by atoms with Gasteiger partial charge in [0.1, 0.15) is 5.75 Å². The second-order valence-corrected chi connectivity index (χ2v) is 9.43. The molecule has 0 fully saturated rings. The maximum absolute atomic E-state index is 13.8. The Kier molecular flexibility index (Phi) is 4.00. The smallest absolute Gasteiger partial charge is 0.268 e. The second kappa shape index (κ2) is 6.80. The van der Waals surface area contributed by atoms with Crippen molar-refractivity contribution in [2.45, 2.75) is 4.90 Å². The minimum absolute atomic E-state index is 0.237. The molecule has 0 bridgehead atoms. The van der Waals surface area contributed by atoms with E-state index in [1.54, 1.807) is 43.6 Å². The number of para-hydroxylation sites is 2. The van der Waals surface area contributed by atoms with Crippen molar-refractivity contribution in [1.82, 2.24) is 8.96 Å². The van der Waals surface area contributed by atoms with Gasteiger partial charge in [-0.05, 0) is 35.7 Å². The summed E-state index contributed by atoms with van der Waals surface area (Å²) in [4.78, 5) is 4.84. The molecule has 0 spiro atoms. The summed E-state index contributed by atoms with van der Waals surface area (Å²) in [5, 5.41) is 4.26. The first-order chi connectivity index (χ1) is 15.6. The zero-order valence-electron chi connectivity index (χ0n) is 17.2. The summed E-state index contributed by atoms with van der Waals surface area (Å²) in [5.41, 5.74) is 2.03. The minimum atomic E-state index is -3.85. The summed E-state index contributed by atoms with van der Waals surface area (Å²) < 4.78 is 35.0. The molecule has 6 heteroatoms. The molecule has 2 heterocycles. The Morgan fingerprint density at radius 1 is 0.750 bits per heavy atom. The van der Waals surface area contributed by atoms with Gasteiger partial charge in [0.05, 0.1) is 33.9 Å². The van der Waals surface area contributed by atoms with E-state index < -0.39 is 10.0 Å². The molecule has 6 rings (SSSR count). The third-order valence-corrected chi connectivity index (χ3v) is 7.66. The van der Waals surface area contributed by atoms with Gasteiger partial charge in [0.2, 0.25) is 0 Å². The number of rotatable bonds is 3. The molecule has 0 radical (unpaired) electrons. The molecular weight excluding hydrogens is 420 g/mol. The molecule has 4 aromatic carbocycles. The normalized spacial score (nSPS) is 12.2. The lowest BCUT2D eigenvalue weighted by Gasteiger charge is -2.12. The zero-order chi connectivity index (χ0) is 21.9. The third-order valence-electron chi connectivity index (χ3n) is 5.92. The number of nitrogens with zero attached hydrogens (tertiary/aromatic N) is 2. The van der Waals surface area contributed by atoms with Crippen molar-refractivity contribution in [3.8, 4) is 5.75 Å².